The molecule has 3 N–H and O–H groups in total. The van der Waals surface area contributed by atoms with Crippen molar-refractivity contribution in [1.82, 2.24) is 0 Å². The van der Waals surface area contributed by atoms with Gasteiger partial charge >= 0.3 is 0 Å². The number of benzene rings is 1. The third kappa shape index (κ3) is 3.50. The Morgan fingerprint density at radius 3 is 2.73 bits per heavy atom. The quantitative estimate of drug-likeness (QED) is 0.856. The molecule has 1 amide bonds. The van der Waals surface area contributed by atoms with Crippen LogP contribution in [0.25, 0.3) is 0 Å². The van der Waals surface area contributed by atoms with Gasteiger partial charge in [0.05, 0.1) is 24.6 Å². The molecule has 1 saturated heterocycles. The second-order valence-corrected chi connectivity index (χ2v) is 7.27. The fourth-order valence-electron chi connectivity index (χ4n) is 2.28. The van der Waals surface area contributed by atoms with E-state index in [2.05, 4.69) is 5.32 Å². The Bertz CT molecular complexity index is 658. The number of sulfonamides is 1. The lowest BCUT2D eigenvalue weighted by Crippen LogP contribution is -2.38. The van der Waals surface area contributed by atoms with Crippen LogP contribution in [0.3, 0.4) is 0 Å². The molecular formula is C14H21N3O4S. The van der Waals surface area contributed by atoms with E-state index in [0.717, 1.165) is 6.42 Å². The number of methoxy groups -OCH3 is 1. The number of anilines is 2. The Labute approximate surface area is 130 Å². The van der Waals surface area contributed by atoms with E-state index >= 15 is 0 Å². The van der Waals surface area contributed by atoms with Crippen LogP contribution in [0.5, 0.6) is 5.75 Å². The highest BCUT2D eigenvalue weighted by atomic mass is 32.2. The van der Waals surface area contributed by atoms with Gasteiger partial charge in [0.1, 0.15) is 5.75 Å². The Hall–Kier alpha value is -1.80. The molecule has 1 heterocycles. The van der Waals surface area contributed by atoms with Crippen molar-refractivity contribution in [3.05, 3.63) is 18.2 Å². The van der Waals surface area contributed by atoms with E-state index in [1.165, 1.54) is 11.4 Å². The maximum absolute atomic E-state index is 12.2. The monoisotopic (exact) mass is 327 g/mol. The zero-order valence-electron chi connectivity index (χ0n) is 12.7. The summed E-state index contributed by atoms with van der Waals surface area (Å²) in [4.78, 5) is 11.6. The summed E-state index contributed by atoms with van der Waals surface area (Å²) < 4.78 is 31.0. The van der Waals surface area contributed by atoms with Crippen LogP contribution in [-0.2, 0) is 14.8 Å². The summed E-state index contributed by atoms with van der Waals surface area (Å²) in [6.45, 7) is 2.02. The molecule has 0 spiro atoms. The molecule has 0 bridgehead atoms. The van der Waals surface area contributed by atoms with E-state index in [-0.39, 0.29) is 11.7 Å². The highest BCUT2D eigenvalue weighted by molar-refractivity contribution is 7.92. The molecular weight excluding hydrogens is 306 g/mol. The fourth-order valence-corrected chi connectivity index (χ4v) is 3.92. The number of ether oxygens (including phenoxy) is 1. The van der Waals surface area contributed by atoms with Crippen molar-refractivity contribution in [2.45, 2.75) is 25.8 Å². The second-order valence-electron chi connectivity index (χ2n) is 5.26. The molecule has 0 aliphatic carbocycles. The molecule has 0 aromatic heterocycles. The average molecular weight is 327 g/mol. The van der Waals surface area contributed by atoms with Gasteiger partial charge in [-0.25, -0.2) is 8.42 Å². The molecule has 7 nitrogen and oxygen atoms in total. The highest BCUT2D eigenvalue weighted by Gasteiger charge is 2.28. The number of rotatable bonds is 4. The number of nitrogens with one attached hydrogen (secondary N) is 1. The van der Waals surface area contributed by atoms with Gasteiger partial charge in [-0.3, -0.25) is 9.10 Å². The number of hydrogen-bond acceptors (Lipinski definition) is 5. The van der Waals surface area contributed by atoms with E-state index in [0.29, 0.717) is 30.1 Å². The van der Waals surface area contributed by atoms with Crippen LogP contribution >= 0.6 is 0 Å². The first-order valence-electron chi connectivity index (χ1n) is 7.10. The molecule has 1 aliphatic heterocycles. The van der Waals surface area contributed by atoms with Crippen molar-refractivity contribution in [1.29, 1.82) is 0 Å². The van der Waals surface area contributed by atoms with Crippen molar-refractivity contribution in [2.75, 3.05) is 29.0 Å². The minimum absolute atomic E-state index is 0.138. The van der Waals surface area contributed by atoms with Gasteiger partial charge in [-0.15, -0.1) is 0 Å². The third-order valence-corrected chi connectivity index (χ3v) is 5.33. The van der Waals surface area contributed by atoms with Crippen LogP contribution in [0.2, 0.25) is 0 Å². The van der Waals surface area contributed by atoms with Gasteiger partial charge in [-0.2, -0.15) is 0 Å². The Kier molecular flexibility index (Phi) is 4.92. The molecule has 8 heteroatoms. The van der Waals surface area contributed by atoms with Gasteiger partial charge in [0.15, 0.2) is 0 Å². The van der Waals surface area contributed by atoms with Crippen LogP contribution < -0.4 is 20.1 Å². The summed E-state index contributed by atoms with van der Waals surface area (Å²) in [6, 6.07) is 4.24. The van der Waals surface area contributed by atoms with Crippen molar-refractivity contribution in [3.63, 3.8) is 0 Å². The lowest BCUT2D eigenvalue weighted by molar-refractivity contribution is -0.117. The van der Waals surface area contributed by atoms with Crippen LogP contribution in [-0.4, -0.2) is 39.8 Å². The topological polar surface area (TPSA) is 102 Å². The zero-order chi connectivity index (χ0) is 16.3. The lowest BCUT2D eigenvalue weighted by Gasteiger charge is -2.29. The summed E-state index contributed by atoms with van der Waals surface area (Å²) in [5, 5.41) is 2.66. The molecule has 22 heavy (non-hydrogen) atoms. The summed E-state index contributed by atoms with van der Waals surface area (Å²) in [5.41, 5.74) is 6.50. The Morgan fingerprint density at radius 2 is 2.14 bits per heavy atom. The lowest BCUT2D eigenvalue weighted by atomic mass is 10.2. The van der Waals surface area contributed by atoms with Crippen molar-refractivity contribution >= 4 is 27.3 Å². The molecule has 122 valence electrons. The summed E-state index contributed by atoms with van der Waals surface area (Å²) >= 11 is 0. The van der Waals surface area contributed by atoms with Crippen LogP contribution in [0.4, 0.5) is 11.4 Å². The summed E-state index contributed by atoms with van der Waals surface area (Å²) in [6.07, 6.45) is 1.48. The number of amides is 1. The first-order valence-corrected chi connectivity index (χ1v) is 8.71. The fraction of sp³-hybridized carbons (Fsp3) is 0.500. The zero-order valence-corrected chi connectivity index (χ0v) is 13.5. The number of nitrogens with two attached hydrogens (primary N) is 1. The van der Waals surface area contributed by atoms with E-state index in [1.54, 1.807) is 25.1 Å². The summed E-state index contributed by atoms with van der Waals surface area (Å²) in [5.74, 6) is 0.215. The van der Waals surface area contributed by atoms with Gasteiger partial charge in [0.2, 0.25) is 15.9 Å². The molecule has 1 fully saturated rings. The van der Waals surface area contributed by atoms with E-state index in [1.807, 2.05) is 0 Å². The predicted molar refractivity (Wildman–Crippen MR) is 85.6 cm³/mol. The van der Waals surface area contributed by atoms with E-state index in [4.69, 9.17) is 10.5 Å². The van der Waals surface area contributed by atoms with Crippen LogP contribution in [0.1, 0.15) is 19.8 Å². The van der Waals surface area contributed by atoms with Gasteiger partial charge < -0.3 is 15.8 Å². The molecule has 0 radical (unpaired) electrons. The van der Waals surface area contributed by atoms with E-state index in [9.17, 15) is 13.2 Å². The number of carbonyl (C=O) groups excluding carboxylic acids is 1. The maximum Gasteiger partial charge on any atom is 0.241 e. The SMILES string of the molecule is COc1cc(NC(=O)[C@H](C)N)ccc1N1CCCCS1(=O)=O. The highest BCUT2D eigenvalue weighted by Crippen LogP contribution is 2.34. The molecule has 0 unspecified atom stereocenters. The van der Waals surface area contributed by atoms with E-state index < -0.39 is 16.1 Å². The van der Waals surface area contributed by atoms with Crippen LogP contribution in [0, 0.1) is 0 Å². The largest absolute Gasteiger partial charge is 0.494 e. The van der Waals surface area contributed by atoms with Crippen LogP contribution in [0.15, 0.2) is 18.2 Å². The Balaban J connectivity index is 2.32. The number of nitrogens with zero attached hydrogens (tertiary/aromatic N) is 1. The smallest absolute Gasteiger partial charge is 0.241 e. The van der Waals surface area contributed by atoms with Crippen molar-refractivity contribution in [3.8, 4) is 5.75 Å². The average Bonchev–Trinajstić information content (AvgIpc) is 2.47. The maximum atomic E-state index is 12.2. The standard InChI is InChI=1S/C14H21N3O4S/c1-10(15)14(18)16-11-5-6-12(13(9-11)21-2)17-7-3-4-8-22(17,19)20/h5-6,9-10H,3-4,7-8,15H2,1-2H3,(H,16,18)/t10-/m0/s1. The first-order chi connectivity index (χ1) is 10.3. The third-order valence-electron chi connectivity index (χ3n) is 3.48. The van der Waals surface area contributed by atoms with Crippen molar-refractivity contribution in [2.24, 2.45) is 5.73 Å². The molecule has 1 aromatic carbocycles. The molecule has 1 aliphatic rings. The van der Waals surface area contributed by atoms with Gasteiger partial charge in [-0.1, -0.05) is 0 Å². The molecule has 2 rings (SSSR count). The number of hydrogen-bond donors (Lipinski definition) is 2. The molecule has 0 saturated carbocycles. The Morgan fingerprint density at radius 1 is 1.41 bits per heavy atom. The van der Waals surface area contributed by atoms with Gasteiger partial charge in [0, 0.05) is 18.3 Å². The van der Waals surface area contributed by atoms with Gasteiger partial charge in [0.25, 0.3) is 0 Å². The molecule has 1 aromatic rings. The minimum Gasteiger partial charge on any atom is -0.494 e. The predicted octanol–water partition coefficient (Wildman–Crippen LogP) is 0.911. The normalized spacial score (nSPS) is 18.6. The van der Waals surface area contributed by atoms with Crippen molar-refractivity contribution < 1.29 is 17.9 Å². The second kappa shape index (κ2) is 6.53. The number of carbonyl (C=O) groups is 1. The minimum atomic E-state index is -3.31. The molecule has 1 atom stereocenters. The summed E-state index contributed by atoms with van der Waals surface area (Å²) in [7, 11) is -1.85. The first kappa shape index (κ1) is 16.6. The van der Waals surface area contributed by atoms with Gasteiger partial charge in [-0.05, 0) is 31.9 Å².